The molecule has 120 valence electrons. The Bertz CT molecular complexity index is 207. The quantitative estimate of drug-likeness (QED) is 0.408. The van der Waals surface area contributed by atoms with Crippen LogP contribution in [0.2, 0.25) is 0 Å². The highest BCUT2D eigenvalue weighted by Gasteiger charge is 2.05. The second-order valence-electron chi connectivity index (χ2n) is 4.71. The van der Waals surface area contributed by atoms with Gasteiger partial charge in [0.25, 0.3) is 0 Å². The molecule has 0 amide bonds. The summed E-state index contributed by atoms with van der Waals surface area (Å²) in [6.45, 7) is 15.5. The Morgan fingerprint density at radius 1 is 0.750 bits per heavy atom. The molecule has 0 heterocycles. The highest BCUT2D eigenvalue weighted by Crippen LogP contribution is 1.96. The molecule has 0 bridgehead atoms. The maximum atomic E-state index is 11.3. The van der Waals surface area contributed by atoms with E-state index in [1.807, 2.05) is 0 Å². The van der Waals surface area contributed by atoms with Crippen LogP contribution in [-0.4, -0.2) is 68.4 Å². The van der Waals surface area contributed by atoms with E-state index in [4.69, 9.17) is 9.47 Å². The Hall–Kier alpha value is -0.810. The van der Waals surface area contributed by atoms with Gasteiger partial charge >= 0.3 is 6.16 Å². The lowest BCUT2D eigenvalue weighted by Gasteiger charge is -2.18. The number of rotatable bonds is 12. The average Bonchev–Trinajstić information content (AvgIpc) is 2.47. The lowest BCUT2D eigenvalue weighted by molar-refractivity contribution is 0.0501. The van der Waals surface area contributed by atoms with Crippen molar-refractivity contribution in [3.63, 3.8) is 0 Å². The third-order valence-electron chi connectivity index (χ3n) is 3.47. The van der Waals surface area contributed by atoms with Gasteiger partial charge in [-0.25, -0.2) is 4.79 Å². The number of carbonyl (C=O) groups excluding carboxylic acids is 1. The van der Waals surface area contributed by atoms with E-state index in [2.05, 4.69) is 37.5 Å². The molecule has 0 aromatic carbocycles. The molecule has 5 nitrogen and oxygen atoms in total. The number of ether oxygens (including phenoxy) is 2. The lowest BCUT2D eigenvalue weighted by Crippen LogP contribution is -2.26. The van der Waals surface area contributed by atoms with Gasteiger partial charge in [0, 0.05) is 13.1 Å². The largest absolute Gasteiger partial charge is 0.508 e. The van der Waals surface area contributed by atoms with E-state index in [0.29, 0.717) is 13.2 Å². The van der Waals surface area contributed by atoms with Crippen LogP contribution in [0.4, 0.5) is 4.79 Å². The molecule has 20 heavy (non-hydrogen) atoms. The van der Waals surface area contributed by atoms with Gasteiger partial charge in [0.05, 0.1) is 13.2 Å². The Balaban J connectivity index is 3.45. The average molecular weight is 288 g/mol. The molecule has 0 aromatic heterocycles. The van der Waals surface area contributed by atoms with Gasteiger partial charge in [0.2, 0.25) is 0 Å². The summed E-state index contributed by atoms with van der Waals surface area (Å²) in [6, 6.07) is 0. The van der Waals surface area contributed by atoms with Crippen molar-refractivity contribution in [2.24, 2.45) is 0 Å². The Kier molecular flexibility index (Phi) is 12.7. The summed E-state index contributed by atoms with van der Waals surface area (Å²) in [5.74, 6) is 0. The van der Waals surface area contributed by atoms with Crippen LogP contribution < -0.4 is 0 Å². The first kappa shape index (κ1) is 19.2. The lowest BCUT2D eigenvalue weighted by atomic mass is 10.4. The summed E-state index contributed by atoms with van der Waals surface area (Å²) < 4.78 is 10.1. The second-order valence-corrected chi connectivity index (χ2v) is 4.71. The Morgan fingerprint density at radius 3 is 1.40 bits per heavy atom. The zero-order chi connectivity index (χ0) is 15.2. The van der Waals surface area contributed by atoms with Gasteiger partial charge < -0.3 is 19.3 Å². The molecule has 0 aliphatic heterocycles. The van der Waals surface area contributed by atoms with Crippen LogP contribution in [0.25, 0.3) is 0 Å². The van der Waals surface area contributed by atoms with Crippen molar-refractivity contribution in [3.05, 3.63) is 0 Å². The molecule has 0 aromatic rings. The fourth-order valence-electron chi connectivity index (χ4n) is 2.01. The van der Waals surface area contributed by atoms with Gasteiger partial charge in [0.1, 0.15) is 0 Å². The first-order valence-electron chi connectivity index (χ1n) is 7.92. The topological polar surface area (TPSA) is 42.0 Å². The van der Waals surface area contributed by atoms with Gasteiger partial charge in [-0.3, -0.25) is 0 Å². The summed E-state index contributed by atoms with van der Waals surface area (Å²) >= 11 is 0. The van der Waals surface area contributed by atoms with Crippen molar-refractivity contribution < 1.29 is 14.3 Å². The fraction of sp³-hybridized carbons (Fsp3) is 0.933. The Morgan fingerprint density at radius 2 is 1.10 bits per heavy atom. The maximum absolute atomic E-state index is 11.3. The molecule has 0 aliphatic rings. The first-order valence-corrected chi connectivity index (χ1v) is 7.92. The van der Waals surface area contributed by atoms with Crippen molar-refractivity contribution in [2.75, 3.05) is 52.5 Å². The molecule has 0 N–H and O–H groups in total. The van der Waals surface area contributed by atoms with Crippen molar-refractivity contribution in [1.82, 2.24) is 9.80 Å². The molecule has 0 saturated heterocycles. The van der Waals surface area contributed by atoms with Crippen LogP contribution in [-0.2, 0) is 9.47 Å². The molecule has 0 radical (unpaired) electrons. The van der Waals surface area contributed by atoms with Crippen LogP contribution >= 0.6 is 0 Å². The van der Waals surface area contributed by atoms with Crippen LogP contribution in [0.15, 0.2) is 0 Å². The van der Waals surface area contributed by atoms with E-state index >= 15 is 0 Å². The number of hydrogen-bond acceptors (Lipinski definition) is 5. The van der Waals surface area contributed by atoms with E-state index in [1.165, 1.54) is 0 Å². The third-order valence-corrected chi connectivity index (χ3v) is 3.47. The normalized spacial score (nSPS) is 11.1. The van der Waals surface area contributed by atoms with E-state index in [0.717, 1.165) is 52.1 Å². The number of carbonyl (C=O) groups is 1. The molecule has 0 fully saturated rings. The monoisotopic (exact) mass is 288 g/mol. The highest BCUT2D eigenvalue weighted by atomic mass is 16.7. The molecule has 5 heteroatoms. The van der Waals surface area contributed by atoms with Gasteiger partial charge in [0.15, 0.2) is 0 Å². The second kappa shape index (κ2) is 13.2. The molecule has 0 atom stereocenters. The summed E-state index contributed by atoms with van der Waals surface area (Å²) in [5.41, 5.74) is 0. The zero-order valence-corrected chi connectivity index (χ0v) is 13.7. The molecule has 0 unspecified atom stereocenters. The highest BCUT2D eigenvalue weighted by molar-refractivity contribution is 5.59. The van der Waals surface area contributed by atoms with E-state index < -0.39 is 6.16 Å². The van der Waals surface area contributed by atoms with Gasteiger partial charge in [-0.1, -0.05) is 27.7 Å². The van der Waals surface area contributed by atoms with Crippen molar-refractivity contribution in [3.8, 4) is 0 Å². The van der Waals surface area contributed by atoms with Crippen molar-refractivity contribution >= 4 is 6.16 Å². The van der Waals surface area contributed by atoms with Crippen LogP contribution in [0, 0.1) is 0 Å². The maximum Gasteiger partial charge on any atom is 0.508 e. The van der Waals surface area contributed by atoms with Gasteiger partial charge in [-0.2, -0.15) is 0 Å². The summed E-state index contributed by atoms with van der Waals surface area (Å²) in [5, 5.41) is 0. The van der Waals surface area contributed by atoms with Gasteiger partial charge in [-0.15, -0.1) is 0 Å². The predicted molar refractivity (Wildman–Crippen MR) is 82.1 cm³/mol. The predicted octanol–water partition coefficient (Wildman–Crippen LogP) is 2.60. The van der Waals surface area contributed by atoms with Crippen LogP contribution in [0.3, 0.4) is 0 Å². The number of nitrogens with zero attached hydrogens (tertiary/aromatic N) is 2. The molecule has 0 aliphatic carbocycles. The SMILES string of the molecule is CCN(CC)CCCOC(=O)OCCCN(CC)CC. The first-order chi connectivity index (χ1) is 9.67. The minimum atomic E-state index is -0.538. The minimum absolute atomic E-state index is 0.436. The molecular weight excluding hydrogens is 256 g/mol. The van der Waals surface area contributed by atoms with E-state index in [-0.39, 0.29) is 0 Å². The molecule has 0 saturated carbocycles. The van der Waals surface area contributed by atoms with Crippen LogP contribution in [0.5, 0.6) is 0 Å². The zero-order valence-electron chi connectivity index (χ0n) is 13.7. The standard InChI is InChI=1S/C15H32N2O3/c1-5-16(6-2)11-9-13-19-15(18)20-14-10-12-17(7-3)8-4/h5-14H2,1-4H3. The number of hydrogen-bond donors (Lipinski definition) is 0. The fourth-order valence-corrected chi connectivity index (χ4v) is 2.01. The minimum Gasteiger partial charge on any atom is -0.434 e. The Labute approximate surface area is 124 Å². The third kappa shape index (κ3) is 10.0. The summed E-state index contributed by atoms with van der Waals surface area (Å²) in [7, 11) is 0. The van der Waals surface area contributed by atoms with E-state index in [1.54, 1.807) is 0 Å². The van der Waals surface area contributed by atoms with E-state index in [9.17, 15) is 4.79 Å². The smallest absolute Gasteiger partial charge is 0.434 e. The molecule has 0 rings (SSSR count). The molecule has 0 spiro atoms. The van der Waals surface area contributed by atoms with Crippen molar-refractivity contribution in [1.29, 1.82) is 0 Å². The van der Waals surface area contributed by atoms with Gasteiger partial charge in [-0.05, 0) is 39.0 Å². The molecular formula is C15H32N2O3. The van der Waals surface area contributed by atoms with Crippen LogP contribution in [0.1, 0.15) is 40.5 Å². The van der Waals surface area contributed by atoms with Crippen molar-refractivity contribution in [2.45, 2.75) is 40.5 Å². The summed E-state index contributed by atoms with van der Waals surface area (Å²) in [6.07, 6.45) is 1.18. The summed E-state index contributed by atoms with van der Waals surface area (Å²) in [4.78, 5) is 15.9.